The van der Waals surface area contributed by atoms with E-state index in [4.69, 9.17) is 16.3 Å². The van der Waals surface area contributed by atoms with E-state index in [1.54, 1.807) is 0 Å². The molecule has 2 N–H and O–H groups in total. The van der Waals surface area contributed by atoms with Crippen molar-refractivity contribution in [2.45, 2.75) is 78.2 Å². The molecule has 0 aliphatic heterocycles. The SMILES string of the molecule is Cc1c(Cl)cccc1CCCCOc1ccc(C#Cc2cccc3c(CCCC(=O)O)c(C)n(CC4(CC(=O)O)CC4)c23)cc1. The van der Waals surface area contributed by atoms with Crippen LogP contribution in [0.5, 0.6) is 5.75 Å². The van der Waals surface area contributed by atoms with Crippen LogP contribution in [0.3, 0.4) is 0 Å². The molecule has 1 aliphatic rings. The largest absolute Gasteiger partial charge is 0.494 e. The quantitative estimate of drug-likeness (QED) is 0.109. The number of para-hydroxylation sites is 1. The zero-order chi connectivity index (χ0) is 32.0. The highest BCUT2D eigenvalue weighted by Gasteiger charge is 2.45. The number of hydrogen-bond donors (Lipinski definition) is 2. The second-order valence-electron chi connectivity index (χ2n) is 12.3. The van der Waals surface area contributed by atoms with E-state index < -0.39 is 11.9 Å². The molecule has 0 spiro atoms. The number of hydrogen-bond acceptors (Lipinski definition) is 3. The van der Waals surface area contributed by atoms with Gasteiger partial charge in [0.25, 0.3) is 0 Å². The molecule has 0 amide bonds. The molecule has 0 bridgehead atoms. The molecule has 0 atom stereocenters. The van der Waals surface area contributed by atoms with Crippen LogP contribution in [0.2, 0.25) is 5.02 Å². The molecule has 234 valence electrons. The van der Waals surface area contributed by atoms with Crippen molar-refractivity contribution in [2.75, 3.05) is 6.61 Å². The maximum absolute atomic E-state index is 11.6. The molecular formula is C38H40ClNO5. The summed E-state index contributed by atoms with van der Waals surface area (Å²) in [6.45, 7) is 5.37. The van der Waals surface area contributed by atoms with Crippen molar-refractivity contribution in [2.24, 2.45) is 5.41 Å². The summed E-state index contributed by atoms with van der Waals surface area (Å²) in [5, 5.41) is 20.6. The van der Waals surface area contributed by atoms with Crippen molar-refractivity contribution in [3.63, 3.8) is 0 Å². The number of benzene rings is 3. The third-order valence-corrected chi connectivity index (χ3v) is 9.36. The summed E-state index contributed by atoms with van der Waals surface area (Å²) >= 11 is 6.24. The Kier molecular flexibility index (Phi) is 10.2. The van der Waals surface area contributed by atoms with Gasteiger partial charge in [0.15, 0.2) is 0 Å². The Labute approximate surface area is 270 Å². The van der Waals surface area contributed by atoms with E-state index in [0.29, 0.717) is 26.0 Å². The zero-order valence-electron chi connectivity index (χ0n) is 26.0. The first kappa shape index (κ1) is 32.2. The fourth-order valence-electron chi connectivity index (χ4n) is 6.16. The molecule has 3 aromatic carbocycles. The summed E-state index contributed by atoms with van der Waals surface area (Å²) in [6.07, 6.45) is 6.16. The van der Waals surface area contributed by atoms with Crippen LogP contribution in [0, 0.1) is 31.1 Å². The predicted molar refractivity (Wildman–Crippen MR) is 178 cm³/mol. The van der Waals surface area contributed by atoms with Gasteiger partial charge in [-0.3, -0.25) is 9.59 Å². The Balaban J connectivity index is 1.29. The van der Waals surface area contributed by atoms with Crippen molar-refractivity contribution >= 4 is 34.4 Å². The first-order valence-corrected chi connectivity index (χ1v) is 16.1. The maximum Gasteiger partial charge on any atom is 0.303 e. The molecule has 1 heterocycles. The number of halogens is 1. The molecule has 45 heavy (non-hydrogen) atoms. The highest BCUT2D eigenvalue weighted by Crippen LogP contribution is 2.51. The number of unbranched alkanes of at least 4 members (excludes halogenated alkanes) is 1. The number of aryl methyl sites for hydroxylation is 2. The molecule has 1 fully saturated rings. The fraction of sp³-hybridized carbons (Fsp3) is 0.368. The number of carboxylic acids is 2. The van der Waals surface area contributed by atoms with Gasteiger partial charge < -0.3 is 19.5 Å². The van der Waals surface area contributed by atoms with E-state index in [0.717, 1.165) is 81.7 Å². The topological polar surface area (TPSA) is 88.8 Å². The third-order valence-electron chi connectivity index (χ3n) is 8.95. The zero-order valence-corrected chi connectivity index (χ0v) is 26.8. The highest BCUT2D eigenvalue weighted by molar-refractivity contribution is 6.31. The molecule has 6 nitrogen and oxygen atoms in total. The van der Waals surface area contributed by atoms with Crippen molar-refractivity contribution < 1.29 is 24.5 Å². The number of aliphatic carboxylic acids is 2. The summed E-state index contributed by atoms with van der Waals surface area (Å²) in [4.78, 5) is 22.8. The lowest BCUT2D eigenvalue weighted by molar-refractivity contribution is -0.139. The molecule has 0 unspecified atom stereocenters. The first-order chi connectivity index (χ1) is 21.7. The van der Waals surface area contributed by atoms with Crippen LogP contribution in [0.1, 0.15) is 78.5 Å². The van der Waals surface area contributed by atoms with E-state index >= 15 is 0 Å². The van der Waals surface area contributed by atoms with Crippen LogP contribution in [0.4, 0.5) is 0 Å². The average Bonchev–Trinajstić information content (AvgIpc) is 3.71. The van der Waals surface area contributed by atoms with Crippen LogP contribution in [-0.2, 0) is 29.0 Å². The second-order valence-corrected chi connectivity index (χ2v) is 12.7. The van der Waals surface area contributed by atoms with E-state index in [1.165, 1.54) is 5.56 Å². The molecular weight excluding hydrogens is 586 g/mol. The number of nitrogens with zero attached hydrogens (tertiary/aromatic N) is 1. The lowest BCUT2D eigenvalue weighted by Gasteiger charge is -2.17. The molecule has 0 saturated heterocycles. The van der Waals surface area contributed by atoms with Crippen molar-refractivity contribution in [1.29, 1.82) is 0 Å². The Morgan fingerprint density at radius 3 is 2.38 bits per heavy atom. The Hall–Kier alpha value is -4.21. The summed E-state index contributed by atoms with van der Waals surface area (Å²) < 4.78 is 8.21. The number of carboxylic acid groups (broad SMARTS) is 2. The lowest BCUT2D eigenvalue weighted by Crippen LogP contribution is -2.17. The molecule has 1 aromatic heterocycles. The number of ether oxygens (including phenoxy) is 1. The molecule has 7 heteroatoms. The minimum Gasteiger partial charge on any atom is -0.494 e. The number of rotatable bonds is 14. The van der Waals surface area contributed by atoms with Gasteiger partial charge in [-0.2, -0.15) is 0 Å². The van der Waals surface area contributed by atoms with E-state index in [2.05, 4.69) is 42.4 Å². The van der Waals surface area contributed by atoms with Gasteiger partial charge in [-0.15, -0.1) is 0 Å². The molecule has 0 radical (unpaired) electrons. The minimum absolute atomic E-state index is 0.108. The predicted octanol–water partition coefficient (Wildman–Crippen LogP) is 8.38. The number of carbonyl (C=O) groups is 2. The van der Waals surface area contributed by atoms with E-state index in [1.807, 2.05) is 48.5 Å². The van der Waals surface area contributed by atoms with Crippen LogP contribution in [-0.4, -0.2) is 33.3 Å². The van der Waals surface area contributed by atoms with Crippen molar-refractivity contribution in [3.05, 3.63) is 99.2 Å². The van der Waals surface area contributed by atoms with Crippen LogP contribution >= 0.6 is 11.6 Å². The first-order valence-electron chi connectivity index (χ1n) is 15.7. The van der Waals surface area contributed by atoms with Gasteiger partial charge in [0.2, 0.25) is 0 Å². The van der Waals surface area contributed by atoms with Crippen molar-refractivity contribution in [1.82, 2.24) is 4.57 Å². The standard InChI is InChI=1S/C38H40ClNO5/c1-26-29(9-6-13-34(26)39)8-3-4-23-45-31-19-16-28(17-20-31)15-18-30-10-5-12-33-32(11-7-14-35(41)42)27(2)40(37(30)33)25-38(21-22-38)24-36(43)44/h5-6,9-10,12-13,16-17,19-20H,3-4,7-8,11,14,21-25H2,1-2H3,(H,41,42)(H,43,44). The summed E-state index contributed by atoms with van der Waals surface area (Å²) in [5.74, 6) is 5.92. The van der Waals surface area contributed by atoms with Gasteiger partial charge in [-0.25, -0.2) is 0 Å². The van der Waals surface area contributed by atoms with Gasteiger partial charge in [0.1, 0.15) is 5.75 Å². The van der Waals surface area contributed by atoms with Gasteiger partial charge >= 0.3 is 11.9 Å². The van der Waals surface area contributed by atoms with Gasteiger partial charge in [0.05, 0.1) is 18.5 Å². The second kappa shape index (κ2) is 14.3. The Bertz CT molecular complexity index is 1750. The van der Waals surface area contributed by atoms with E-state index in [9.17, 15) is 19.8 Å². The molecule has 4 aromatic rings. The molecule has 1 saturated carbocycles. The van der Waals surface area contributed by atoms with E-state index in [-0.39, 0.29) is 18.3 Å². The molecule has 1 aliphatic carbocycles. The maximum atomic E-state index is 11.6. The summed E-state index contributed by atoms with van der Waals surface area (Å²) in [7, 11) is 0. The van der Waals surface area contributed by atoms with Crippen LogP contribution in [0.15, 0.2) is 60.7 Å². The van der Waals surface area contributed by atoms with Crippen LogP contribution in [0.25, 0.3) is 10.9 Å². The number of fused-ring (bicyclic) bond motifs is 1. The smallest absolute Gasteiger partial charge is 0.303 e. The lowest BCUT2D eigenvalue weighted by atomic mass is 10.0. The van der Waals surface area contributed by atoms with Crippen molar-refractivity contribution in [3.8, 4) is 17.6 Å². The highest BCUT2D eigenvalue weighted by atomic mass is 35.5. The van der Waals surface area contributed by atoms with Gasteiger partial charge in [0, 0.05) is 40.2 Å². The Morgan fingerprint density at radius 1 is 0.911 bits per heavy atom. The molecule has 5 rings (SSSR count). The third kappa shape index (κ3) is 8.09. The monoisotopic (exact) mass is 625 g/mol. The van der Waals surface area contributed by atoms with Crippen LogP contribution < -0.4 is 4.74 Å². The van der Waals surface area contributed by atoms with Gasteiger partial charge in [-0.05, 0) is 117 Å². The average molecular weight is 626 g/mol. The summed E-state index contributed by atoms with van der Waals surface area (Å²) in [6, 6.07) is 19.9. The summed E-state index contributed by atoms with van der Waals surface area (Å²) in [5.41, 5.74) is 7.11. The Morgan fingerprint density at radius 2 is 1.67 bits per heavy atom. The number of aromatic nitrogens is 1. The normalized spacial score (nSPS) is 13.3. The fourth-order valence-corrected chi connectivity index (χ4v) is 6.36. The minimum atomic E-state index is -0.804. The van der Waals surface area contributed by atoms with Gasteiger partial charge in [-0.1, -0.05) is 47.7 Å².